The summed E-state index contributed by atoms with van der Waals surface area (Å²) in [6.07, 6.45) is 3.77. The zero-order valence-corrected chi connectivity index (χ0v) is 12.2. The molecule has 0 amide bonds. The van der Waals surface area contributed by atoms with Crippen LogP contribution in [0.4, 0.5) is 5.82 Å². The standard InChI is InChI=1S/C14H22N6/c1-17(2)7-8-18-9-11-19(12-10-18)13-4-6-20-14(16-13)3-5-15-20/h3-6H,7-12H2,1-2H3. The van der Waals surface area contributed by atoms with Crippen molar-refractivity contribution in [3.8, 4) is 0 Å². The van der Waals surface area contributed by atoms with E-state index in [4.69, 9.17) is 0 Å². The van der Waals surface area contributed by atoms with Gasteiger partial charge in [-0.15, -0.1) is 0 Å². The molecule has 1 saturated heterocycles. The maximum absolute atomic E-state index is 4.66. The first-order valence-corrected chi connectivity index (χ1v) is 7.15. The third-order valence-corrected chi connectivity index (χ3v) is 3.80. The Morgan fingerprint density at radius 2 is 1.95 bits per heavy atom. The van der Waals surface area contributed by atoms with Crippen LogP contribution in [-0.2, 0) is 0 Å². The van der Waals surface area contributed by atoms with Crippen molar-refractivity contribution in [2.24, 2.45) is 0 Å². The van der Waals surface area contributed by atoms with E-state index in [1.807, 2.05) is 12.3 Å². The molecule has 20 heavy (non-hydrogen) atoms. The second-order valence-electron chi connectivity index (χ2n) is 5.55. The zero-order chi connectivity index (χ0) is 13.9. The van der Waals surface area contributed by atoms with Crippen LogP contribution in [0, 0.1) is 0 Å². The number of aromatic nitrogens is 3. The van der Waals surface area contributed by atoms with E-state index < -0.39 is 0 Å². The second kappa shape index (κ2) is 5.76. The molecule has 108 valence electrons. The van der Waals surface area contributed by atoms with E-state index in [1.165, 1.54) is 0 Å². The Morgan fingerprint density at radius 1 is 1.15 bits per heavy atom. The fourth-order valence-corrected chi connectivity index (χ4v) is 2.52. The molecule has 2 aromatic rings. The van der Waals surface area contributed by atoms with Gasteiger partial charge in [0.25, 0.3) is 0 Å². The van der Waals surface area contributed by atoms with E-state index in [-0.39, 0.29) is 0 Å². The molecule has 2 aromatic heterocycles. The summed E-state index contributed by atoms with van der Waals surface area (Å²) in [5.74, 6) is 1.06. The fraction of sp³-hybridized carbons (Fsp3) is 0.571. The van der Waals surface area contributed by atoms with Crippen LogP contribution in [-0.4, -0.2) is 77.8 Å². The molecule has 3 rings (SSSR count). The Morgan fingerprint density at radius 3 is 2.70 bits per heavy atom. The molecule has 0 atom stereocenters. The second-order valence-corrected chi connectivity index (χ2v) is 5.55. The highest BCUT2D eigenvalue weighted by molar-refractivity contribution is 5.47. The molecule has 3 heterocycles. The van der Waals surface area contributed by atoms with Crippen molar-refractivity contribution in [3.63, 3.8) is 0 Å². The Balaban J connectivity index is 1.59. The lowest BCUT2D eigenvalue weighted by Gasteiger charge is -2.35. The number of piperazine rings is 1. The van der Waals surface area contributed by atoms with Crippen molar-refractivity contribution < 1.29 is 0 Å². The molecule has 0 spiro atoms. The molecule has 6 heteroatoms. The van der Waals surface area contributed by atoms with Gasteiger partial charge >= 0.3 is 0 Å². The summed E-state index contributed by atoms with van der Waals surface area (Å²) >= 11 is 0. The van der Waals surface area contributed by atoms with Crippen LogP contribution in [0.2, 0.25) is 0 Å². The van der Waals surface area contributed by atoms with Crippen molar-refractivity contribution in [2.75, 3.05) is 58.3 Å². The molecule has 0 aliphatic carbocycles. The highest BCUT2D eigenvalue weighted by Crippen LogP contribution is 2.14. The molecule has 0 unspecified atom stereocenters. The van der Waals surface area contributed by atoms with Crippen LogP contribution in [0.5, 0.6) is 0 Å². The van der Waals surface area contributed by atoms with Crippen molar-refractivity contribution in [2.45, 2.75) is 0 Å². The Labute approximate surface area is 119 Å². The summed E-state index contributed by atoms with van der Waals surface area (Å²) in [5.41, 5.74) is 0.914. The van der Waals surface area contributed by atoms with E-state index in [1.54, 1.807) is 10.7 Å². The van der Waals surface area contributed by atoms with Crippen molar-refractivity contribution in [3.05, 3.63) is 24.5 Å². The Kier molecular flexibility index (Phi) is 3.84. The SMILES string of the molecule is CN(C)CCN1CCN(c2ccn3nccc3n2)CC1. The molecule has 0 radical (unpaired) electrons. The van der Waals surface area contributed by atoms with Crippen LogP contribution in [0.15, 0.2) is 24.5 Å². The van der Waals surface area contributed by atoms with E-state index >= 15 is 0 Å². The molecule has 0 aromatic carbocycles. The van der Waals surface area contributed by atoms with Gasteiger partial charge in [-0.2, -0.15) is 5.10 Å². The fourth-order valence-electron chi connectivity index (χ4n) is 2.52. The maximum atomic E-state index is 4.66. The third kappa shape index (κ3) is 2.91. The highest BCUT2D eigenvalue weighted by atomic mass is 15.3. The lowest BCUT2D eigenvalue weighted by molar-refractivity contribution is 0.229. The normalized spacial score (nSPS) is 17.2. The van der Waals surface area contributed by atoms with Crippen LogP contribution in [0.25, 0.3) is 5.65 Å². The van der Waals surface area contributed by atoms with Crippen LogP contribution in [0.1, 0.15) is 0 Å². The van der Waals surface area contributed by atoms with Crippen LogP contribution < -0.4 is 4.90 Å². The van der Waals surface area contributed by atoms with E-state index in [0.29, 0.717) is 0 Å². The highest BCUT2D eigenvalue weighted by Gasteiger charge is 2.18. The monoisotopic (exact) mass is 274 g/mol. The van der Waals surface area contributed by atoms with Gasteiger partial charge in [0.2, 0.25) is 0 Å². The lowest BCUT2D eigenvalue weighted by atomic mass is 10.3. The number of rotatable bonds is 4. The number of hydrogen-bond donors (Lipinski definition) is 0. The van der Waals surface area contributed by atoms with E-state index in [2.05, 4.69) is 44.9 Å². The summed E-state index contributed by atoms with van der Waals surface area (Å²) in [4.78, 5) is 11.8. The van der Waals surface area contributed by atoms with Gasteiger partial charge in [0.05, 0.1) is 6.20 Å². The summed E-state index contributed by atoms with van der Waals surface area (Å²) in [6.45, 7) is 6.59. The minimum absolute atomic E-state index is 0.914. The van der Waals surface area contributed by atoms with Crippen molar-refractivity contribution in [1.29, 1.82) is 0 Å². The molecule has 0 N–H and O–H groups in total. The molecule has 0 bridgehead atoms. The summed E-state index contributed by atoms with van der Waals surface area (Å²) < 4.78 is 1.80. The molecule has 6 nitrogen and oxygen atoms in total. The van der Waals surface area contributed by atoms with Gasteiger partial charge in [-0.3, -0.25) is 4.90 Å². The molecule has 1 aliphatic heterocycles. The zero-order valence-electron chi connectivity index (χ0n) is 12.2. The molecular weight excluding hydrogens is 252 g/mol. The van der Waals surface area contributed by atoms with E-state index in [0.717, 1.165) is 50.7 Å². The molecule has 0 saturated carbocycles. The molecule has 1 fully saturated rings. The Hall–Kier alpha value is -1.66. The number of hydrogen-bond acceptors (Lipinski definition) is 5. The number of likely N-dealkylation sites (N-methyl/N-ethyl adjacent to an activating group) is 1. The first-order chi connectivity index (χ1) is 9.72. The van der Waals surface area contributed by atoms with Gasteiger partial charge in [-0.25, -0.2) is 9.50 Å². The lowest BCUT2D eigenvalue weighted by Crippen LogP contribution is -2.48. The largest absolute Gasteiger partial charge is 0.354 e. The predicted molar refractivity (Wildman–Crippen MR) is 80.2 cm³/mol. The average molecular weight is 274 g/mol. The molecule has 1 aliphatic rings. The average Bonchev–Trinajstić information content (AvgIpc) is 2.93. The maximum Gasteiger partial charge on any atom is 0.157 e. The Bertz CT molecular complexity index is 556. The van der Waals surface area contributed by atoms with Crippen molar-refractivity contribution >= 4 is 11.5 Å². The number of nitrogens with zero attached hydrogens (tertiary/aromatic N) is 6. The van der Waals surface area contributed by atoms with Crippen LogP contribution in [0.3, 0.4) is 0 Å². The third-order valence-electron chi connectivity index (χ3n) is 3.80. The first kappa shape index (κ1) is 13.3. The van der Waals surface area contributed by atoms with Gasteiger partial charge < -0.3 is 9.80 Å². The first-order valence-electron chi connectivity index (χ1n) is 7.15. The summed E-state index contributed by atoms with van der Waals surface area (Å²) in [5, 5.41) is 4.18. The van der Waals surface area contributed by atoms with Crippen molar-refractivity contribution in [1.82, 2.24) is 24.4 Å². The quantitative estimate of drug-likeness (QED) is 0.808. The predicted octanol–water partition coefficient (Wildman–Crippen LogP) is 0.413. The van der Waals surface area contributed by atoms with Gasteiger partial charge in [-0.1, -0.05) is 0 Å². The smallest absolute Gasteiger partial charge is 0.157 e. The number of fused-ring (bicyclic) bond motifs is 1. The molecular formula is C14H22N6. The number of anilines is 1. The minimum Gasteiger partial charge on any atom is -0.354 e. The summed E-state index contributed by atoms with van der Waals surface area (Å²) in [7, 11) is 4.25. The van der Waals surface area contributed by atoms with E-state index in [9.17, 15) is 0 Å². The van der Waals surface area contributed by atoms with Gasteiger partial charge in [0.15, 0.2) is 5.65 Å². The van der Waals surface area contributed by atoms with Gasteiger partial charge in [-0.05, 0) is 20.2 Å². The summed E-state index contributed by atoms with van der Waals surface area (Å²) in [6, 6.07) is 3.99. The van der Waals surface area contributed by atoms with Gasteiger partial charge in [0, 0.05) is 51.5 Å². The minimum atomic E-state index is 0.914. The topological polar surface area (TPSA) is 39.9 Å². The van der Waals surface area contributed by atoms with Gasteiger partial charge in [0.1, 0.15) is 5.82 Å². The van der Waals surface area contributed by atoms with Crippen LogP contribution >= 0.6 is 0 Å².